The molecule has 2 aromatic rings. The van der Waals surface area contributed by atoms with Crippen LogP contribution in [0.15, 0.2) is 54.6 Å². The van der Waals surface area contributed by atoms with Crippen molar-refractivity contribution in [3.63, 3.8) is 0 Å². The van der Waals surface area contributed by atoms with Crippen LogP contribution in [0, 0.1) is 5.92 Å². The summed E-state index contributed by atoms with van der Waals surface area (Å²) in [5.74, 6) is 0.530. The highest BCUT2D eigenvalue weighted by Crippen LogP contribution is 2.29. The van der Waals surface area contributed by atoms with Crippen molar-refractivity contribution in [3.05, 3.63) is 65.7 Å². The molecule has 0 spiro atoms. The first-order chi connectivity index (χ1) is 13.6. The molecule has 2 bridgehead atoms. The molecule has 3 fully saturated rings. The zero-order valence-electron chi connectivity index (χ0n) is 16.2. The van der Waals surface area contributed by atoms with Gasteiger partial charge in [-0.15, -0.1) is 0 Å². The first kappa shape index (κ1) is 18.7. The summed E-state index contributed by atoms with van der Waals surface area (Å²) in [6.07, 6.45) is 2.09. The summed E-state index contributed by atoms with van der Waals surface area (Å²) in [7, 11) is 1.67. The zero-order chi connectivity index (χ0) is 19.5. The summed E-state index contributed by atoms with van der Waals surface area (Å²) in [5.41, 5.74) is 1.71. The Balaban J connectivity index is 1.45. The van der Waals surface area contributed by atoms with Gasteiger partial charge in [0.05, 0.1) is 7.11 Å². The van der Waals surface area contributed by atoms with Gasteiger partial charge in [0.25, 0.3) is 5.91 Å². The molecule has 1 amide bonds. The van der Waals surface area contributed by atoms with Crippen LogP contribution in [0.25, 0.3) is 0 Å². The minimum atomic E-state index is -0.394. The van der Waals surface area contributed by atoms with Crippen molar-refractivity contribution >= 4 is 11.7 Å². The quantitative estimate of drug-likeness (QED) is 0.593. The van der Waals surface area contributed by atoms with Gasteiger partial charge in [0.1, 0.15) is 5.75 Å². The summed E-state index contributed by atoms with van der Waals surface area (Å²) in [6, 6.07) is 17.1. The predicted molar refractivity (Wildman–Crippen MR) is 107 cm³/mol. The zero-order valence-corrected chi connectivity index (χ0v) is 16.2. The third kappa shape index (κ3) is 3.94. The van der Waals surface area contributed by atoms with Crippen molar-refractivity contribution in [2.24, 2.45) is 5.92 Å². The number of hydrogen-bond acceptors (Lipinski definition) is 4. The molecule has 0 aliphatic carbocycles. The SMILES string of the molecule is COc1ccc(CN2C[C@@H]3CC[C@H](C2)N(C(=O)C(=O)c2ccccc2)C3)cc1. The second kappa shape index (κ2) is 8.15. The molecule has 3 aliphatic heterocycles. The monoisotopic (exact) mass is 378 g/mol. The molecular weight excluding hydrogens is 352 g/mol. The first-order valence-electron chi connectivity index (χ1n) is 9.89. The summed E-state index contributed by atoms with van der Waals surface area (Å²) < 4.78 is 5.23. The first-order valence-corrected chi connectivity index (χ1v) is 9.89. The number of ketones is 1. The van der Waals surface area contributed by atoms with E-state index in [4.69, 9.17) is 4.74 Å². The third-order valence-corrected chi connectivity index (χ3v) is 5.85. The number of benzene rings is 2. The van der Waals surface area contributed by atoms with Crippen molar-refractivity contribution in [2.45, 2.75) is 25.4 Å². The molecule has 3 saturated heterocycles. The van der Waals surface area contributed by atoms with E-state index < -0.39 is 5.78 Å². The van der Waals surface area contributed by atoms with E-state index in [0.29, 0.717) is 18.0 Å². The second-order valence-corrected chi connectivity index (χ2v) is 7.79. The normalized spacial score (nSPS) is 22.0. The average molecular weight is 378 g/mol. The van der Waals surface area contributed by atoms with E-state index in [2.05, 4.69) is 17.0 Å². The lowest BCUT2D eigenvalue weighted by molar-refractivity contribution is -0.130. The molecule has 0 saturated carbocycles. The van der Waals surface area contributed by atoms with Crippen LogP contribution < -0.4 is 4.74 Å². The molecule has 146 valence electrons. The summed E-state index contributed by atoms with van der Waals surface area (Å²) in [4.78, 5) is 29.8. The topological polar surface area (TPSA) is 49.9 Å². The van der Waals surface area contributed by atoms with E-state index in [0.717, 1.165) is 38.2 Å². The van der Waals surface area contributed by atoms with Crippen LogP contribution in [0.2, 0.25) is 0 Å². The molecule has 3 aliphatic rings. The molecule has 2 atom stereocenters. The van der Waals surface area contributed by atoms with Crippen molar-refractivity contribution in [1.29, 1.82) is 0 Å². The van der Waals surface area contributed by atoms with Crippen molar-refractivity contribution in [2.75, 3.05) is 26.7 Å². The maximum absolute atomic E-state index is 12.9. The molecule has 0 aromatic heterocycles. The highest BCUT2D eigenvalue weighted by Gasteiger charge is 2.39. The smallest absolute Gasteiger partial charge is 0.295 e. The Kier molecular flexibility index (Phi) is 5.44. The number of ether oxygens (including phenoxy) is 1. The Labute approximate surface area is 165 Å². The van der Waals surface area contributed by atoms with E-state index in [-0.39, 0.29) is 11.9 Å². The van der Waals surface area contributed by atoms with Crippen LogP contribution in [0.1, 0.15) is 28.8 Å². The van der Waals surface area contributed by atoms with Crippen LogP contribution in [-0.4, -0.2) is 54.3 Å². The standard InChI is InChI=1S/C23H26N2O3/c1-28-21-11-8-17(9-12-21)13-24-14-18-7-10-20(16-24)25(15-18)23(27)22(26)19-5-3-2-4-6-19/h2-6,8-9,11-12,18,20H,7,10,13-16H2,1H3/t18-,20+/m0/s1. The van der Waals surface area contributed by atoms with E-state index in [9.17, 15) is 9.59 Å². The van der Waals surface area contributed by atoms with E-state index in [1.165, 1.54) is 5.56 Å². The fraction of sp³-hybridized carbons (Fsp3) is 0.391. The van der Waals surface area contributed by atoms with Gasteiger partial charge in [0.15, 0.2) is 0 Å². The largest absolute Gasteiger partial charge is 0.497 e. The van der Waals surface area contributed by atoms with Gasteiger partial charge in [-0.2, -0.15) is 0 Å². The third-order valence-electron chi connectivity index (χ3n) is 5.85. The van der Waals surface area contributed by atoms with Crippen LogP contribution >= 0.6 is 0 Å². The minimum absolute atomic E-state index is 0.108. The van der Waals surface area contributed by atoms with E-state index in [1.807, 2.05) is 23.1 Å². The van der Waals surface area contributed by atoms with Crippen LogP contribution in [0.3, 0.4) is 0 Å². The lowest BCUT2D eigenvalue weighted by Crippen LogP contribution is -2.49. The summed E-state index contributed by atoms with van der Waals surface area (Å²) >= 11 is 0. The van der Waals surface area contributed by atoms with E-state index >= 15 is 0 Å². The molecular formula is C23H26N2O3. The lowest BCUT2D eigenvalue weighted by atomic mass is 9.94. The maximum atomic E-state index is 12.9. The van der Waals surface area contributed by atoms with Crippen molar-refractivity contribution < 1.29 is 14.3 Å². The number of piperidine rings is 1. The Morgan fingerprint density at radius 2 is 1.71 bits per heavy atom. The maximum Gasteiger partial charge on any atom is 0.295 e. The van der Waals surface area contributed by atoms with Gasteiger partial charge in [0, 0.05) is 37.8 Å². The number of hydrogen-bond donors (Lipinski definition) is 0. The summed E-state index contributed by atoms with van der Waals surface area (Å²) in [6.45, 7) is 3.31. The van der Waals surface area contributed by atoms with Gasteiger partial charge in [0.2, 0.25) is 5.78 Å². The average Bonchev–Trinajstić information content (AvgIpc) is 3.04. The van der Waals surface area contributed by atoms with Crippen LogP contribution in [-0.2, 0) is 11.3 Å². The highest BCUT2D eigenvalue weighted by atomic mass is 16.5. The molecule has 28 heavy (non-hydrogen) atoms. The van der Waals surface area contributed by atoms with Gasteiger partial charge in [-0.25, -0.2) is 0 Å². The molecule has 5 rings (SSSR count). The molecule has 3 heterocycles. The Hall–Kier alpha value is -2.66. The summed E-state index contributed by atoms with van der Waals surface area (Å²) in [5, 5.41) is 0. The van der Waals surface area contributed by atoms with Crippen molar-refractivity contribution in [3.8, 4) is 5.75 Å². The Bertz CT molecular complexity index is 835. The Morgan fingerprint density at radius 1 is 0.964 bits per heavy atom. The number of amides is 1. The van der Waals surface area contributed by atoms with Crippen molar-refractivity contribution in [1.82, 2.24) is 9.80 Å². The van der Waals surface area contributed by atoms with Gasteiger partial charge in [-0.3, -0.25) is 14.5 Å². The molecule has 0 radical (unpaired) electrons. The number of rotatable bonds is 5. The van der Waals surface area contributed by atoms with Gasteiger partial charge in [-0.1, -0.05) is 42.5 Å². The molecule has 2 aromatic carbocycles. The fourth-order valence-electron chi connectivity index (χ4n) is 4.39. The number of carbonyl (C=O) groups excluding carboxylic acids is 2. The molecule has 5 heteroatoms. The number of fused-ring (bicyclic) bond motifs is 4. The molecule has 5 nitrogen and oxygen atoms in total. The van der Waals surface area contributed by atoms with Crippen LogP contribution in [0.4, 0.5) is 0 Å². The van der Waals surface area contributed by atoms with Crippen LogP contribution in [0.5, 0.6) is 5.75 Å². The second-order valence-electron chi connectivity index (χ2n) is 7.79. The number of nitrogens with zero attached hydrogens (tertiary/aromatic N) is 2. The number of carbonyl (C=O) groups is 2. The Morgan fingerprint density at radius 3 is 2.43 bits per heavy atom. The van der Waals surface area contributed by atoms with Gasteiger partial charge >= 0.3 is 0 Å². The van der Waals surface area contributed by atoms with E-state index in [1.54, 1.807) is 31.4 Å². The highest BCUT2D eigenvalue weighted by molar-refractivity contribution is 6.42. The lowest BCUT2D eigenvalue weighted by Gasteiger charge is -2.35. The van der Waals surface area contributed by atoms with Gasteiger partial charge < -0.3 is 9.64 Å². The number of Topliss-reactive ketones (excluding diaryl/α,β-unsaturated/α-hetero) is 1. The molecule has 0 N–H and O–H groups in total. The predicted octanol–water partition coefficient (Wildman–Crippen LogP) is 3.00. The molecule has 0 unspecified atom stereocenters. The minimum Gasteiger partial charge on any atom is -0.497 e. The van der Waals surface area contributed by atoms with Gasteiger partial charge in [-0.05, 0) is 36.5 Å². The number of methoxy groups -OCH3 is 1. The fourth-order valence-corrected chi connectivity index (χ4v) is 4.39.